The van der Waals surface area contributed by atoms with Crippen molar-refractivity contribution in [3.8, 4) is 0 Å². The van der Waals surface area contributed by atoms with Crippen molar-refractivity contribution in [1.29, 1.82) is 0 Å². The van der Waals surface area contributed by atoms with Crippen LogP contribution in [0.1, 0.15) is 6.42 Å². The maximum atomic E-state index is 12.0. The number of nitrogen functional groups attached to an aromatic ring is 1. The van der Waals surface area contributed by atoms with Gasteiger partial charge >= 0.3 is 0 Å². The molecule has 1 aliphatic rings. The van der Waals surface area contributed by atoms with Crippen molar-refractivity contribution in [2.45, 2.75) is 6.42 Å². The van der Waals surface area contributed by atoms with E-state index >= 15 is 0 Å². The van der Waals surface area contributed by atoms with Gasteiger partial charge in [-0.1, -0.05) is 23.2 Å². The van der Waals surface area contributed by atoms with E-state index in [1.807, 2.05) is 4.90 Å². The van der Waals surface area contributed by atoms with Gasteiger partial charge in [-0.15, -0.1) is 0 Å². The first kappa shape index (κ1) is 15.4. The lowest BCUT2D eigenvalue weighted by atomic mass is 10.1. The Morgan fingerprint density at radius 2 is 2.10 bits per heavy atom. The van der Waals surface area contributed by atoms with Gasteiger partial charge in [-0.3, -0.25) is 9.69 Å². The monoisotopic (exact) mass is 317 g/mol. The third-order valence-corrected chi connectivity index (χ3v) is 3.92. The van der Waals surface area contributed by atoms with Gasteiger partial charge in [0.25, 0.3) is 0 Å². The molecular formula is C13H17Cl2N3O2. The Labute approximate surface area is 127 Å². The molecule has 0 radical (unpaired) electrons. The lowest BCUT2D eigenvalue weighted by Gasteiger charge is -2.16. The van der Waals surface area contributed by atoms with Gasteiger partial charge in [0.05, 0.1) is 22.3 Å². The van der Waals surface area contributed by atoms with Gasteiger partial charge in [0, 0.05) is 18.8 Å². The number of carbonyl (C=O) groups excluding carboxylic acids is 1. The Morgan fingerprint density at radius 3 is 2.65 bits per heavy atom. The summed E-state index contributed by atoms with van der Waals surface area (Å²) in [6, 6.07) is 3.08. The predicted octanol–water partition coefficient (Wildman–Crippen LogP) is 1.83. The SMILES string of the molecule is Nc1cc(Cl)c(NC(=O)CN2CCC(CO)C2)c(Cl)c1. The molecule has 1 amide bonds. The van der Waals surface area contributed by atoms with Crippen molar-refractivity contribution in [3.05, 3.63) is 22.2 Å². The van der Waals surface area contributed by atoms with Crippen molar-refractivity contribution in [2.75, 3.05) is 37.3 Å². The number of halogens is 2. The van der Waals surface area contributed by atoms with Gasteiger partial charge in [-0.2, -0.15) is 0 Å². The first-order valence-electron chi connectivity index (χ1n) is 6.37. The minimum absolute atomic E-state index is 0.160. The van der Waals surface area contributed by atoms with E-state index in [1.165, 1.54) is 0 Å². The van der Waals surface area contributed by atoms with Crippen LogP contribution in [0, 0.1) is 5.92 Å². The van der Waals surface area contributed by atoms with Crippen LogP contribution >= 0.6 is 23.2 Å². The van der Waals surface area contributed by atoms with E-state index in [0.717, 1.165) is 19.5 Å². The van der Waals surface area contributed by atoms with E-state index in [9.17, 15) is 4.79 Å². The highest BCUT2D eigenvalue weighted by molar-refractivity contribution is 6.40. The molecule has 7 heteroatoms. The quantitative estimate of drug-likeness (QED) is 0.740. The molecule has 5 nitrogen and oxygen atoms in total. The molecule has 1 unspecified atom stereocenters. The van der Waals surface area contributed by atoms with Crippen LogP contribution in [-0.2, 0) is 4.79 Å². The topological polar surface area (TPSA) is 78.6 Å². The van der Waals surface area contributed by atoms with E-state index < -0.39 is 0 Å². The summed E-state index contributed by atoms with van der Waals surface area (Å²) in [7, 11) is 0. The summed E-state index contributed by atoms with van der Waals surface area (Å²) in [6.45, 7) is 1.95. The Bertz CT molecular complexity index is 487. The average molecular weight is 318 g/mol. The molecule has 1 fully saturated rings. The molecule has 0 saturated carbocycles. The van der Waals surface area contributed by atoms with E-state index in [0.29, 0.717) is 21.4 Å². The van der Waals surface area contributed by atoms with E-state index in [2.05, 4.69) is 5.32 Å². The van der Waals surface area contributed by atoms with Gasteiger partial charge in [-0.05, 0) is 31.0 Å². The number of hydrogen-bond donors (Lipinski definition) is 3. The van der Waals surface area contributed by atoms with Crippen molar-refractivity contribution in [2.24, 2.45) is 5.92 Å². The summed E-state index contributed by atoms with van der Waals surface area (Å²) in [5.41, 5.74) is 6.44. The molecule has 0 spiro atoms. The number of nitrogens with zero attached hydrogens (tertiary/aromatic N) is 1. The highest BCUT2D eigenvalue weighted by Gasteiger charge is 2.23. The zero-order valence-electron chi connectivity index (χ0n) is 10.9. The number of nitrogens with one attached hydrogen (secondary N) is 1. The summed E-state index contributed by atoms with van der Waals surface area (Å²) in [6.07, 6.45) is 0.910. The van der Waals surface area contributed by atoms with Crippen LogP contribution in [0.4, 0.5) is 11.4 Å². The molecule has 4 N–H and O–H groups in total. The molecule has 1 aromatic rings. The molecular weight excluding hydrogens is 301 g/mol. The number of nitrogens with two attached hydrogens (primary N) is 1. The fourth-order valence-corrected chi connectivity index (χ4v) is 2.90. The standard InChI is InChI=1S/C13H17Cl2N3O2/c14-10-3-9(16)4-11(15)13(10)17-12(20)6-18-2-1-8(5-18)7-19/h3-4,8,19H,1-2,5-7,16H2,(H,17,20). The maximum absolute atomic E-state index is 12.0. The van der Waals surface area contributed by atoms with Gasteiger partial charge < -0.3 is 16.2 Å². The molecule has 1 aliphatic heterocycles. The summed E-state index contributed by atoms with van der Waals surface area (Å²) in [5, 5.41) is 12.4. The minimum atomic E-state index is -0.183. The molecule has 1 aromatic carbocycles. The van der Waals surface area contributed by atoms with Crippen LogP contribution in [0.25, 0.3) is 0 Å². The van der Waals surface area contributed by atoms with Gasteiger partial charge in [0.1, 0.15) is 0 Å². The summed E-state index contributed by atoms with van der Waals surface area (Å²) in [5.74, 6) is 0.0728. The van der Waals surface area contributed by atoms with Crippen LogP contribution in [0.5, 0.6) is 0 Å². The number of likely N-dealkylation sites (tertiary alicyclic amines) is 1. The molecule has 110 valence electrons. The maximum Gasteiger partial charge on any atom is 0.238 e. The average Bonchev–Trinajstić information content (AvgIpc) is 2.81. The molecule has 20 heavy (non-hydrogen) atoms. The van der Waals surface area contributed by atoms with Gasteiger partial charge in [0.2, 0.25) is 5.91 Å². The Hall–Kier alpha value is -1.01. The number of hydrogen-bond acceptors (Lipinski definition) is 4. The summed E-state index contributed by atoms with van der Waals surface area (Å²) < 4.78 is 0. The number of rotatable bonds is 4. The van der Waals surface area contributed by atoms with Crippen molar-refractivity contribution in [1.82, 2.24) is 4.90 Å². The molecule has 2 rings (SSSR count). The van der Waals surface area contributed by atoms with E-state index in [-0.39, 0.29) is 25.0 Å². The third-order valence-electron chi connectivity index (χ3n) is 3.32. The fraction of sp³-hybridized carbons (Fsp3) is 0.462. The number of anilines is 2. The van der Waals surface area contributed by atoms with Crippen LogP contribution in [0.3, 0.4) is 0 Å². The lowest BCUT2D eigenvalue weighted by molar-refractivity contribution is -0.117. The summed E-state index contributed by atoms with van der Waals surface area (Å²) >= 11 is 12.0. The van der Waals surface area contributed by atoms with Crippen LogP contribution in [-0.4, -0.2) is 42.2 Å². The number of aliphatic hydroxyl groups excluding tert-OH is 1. The third kappa shape index (κ3) is 3.76. The first-order valence-corrected chi connectivity index (χ1v) is 7.12. The highest BCUT2D eigenvalue weighted by atomic mass is 35.5. The molecule has 0 aromatic heterocycles. The first-order chi connectivity index (χ1) is 9.49. The fourth-order valence-electron chi connectivity index (χ4n) is 2.30. The second-order valence-electron chi connectivity index (χ2n) is 4.98. The zero-order chi connectivity index (χ0) is 14.7. The second-order valence-corrected chi connectivity index (χ2v) is 5.79. The smallest absolute Gasteiger partial charge is 0.238 e. The number of carbonyl (C=O) groups is 1. The number of amides is 1. The van der Waals surface area contributed by atoms with Crippen LogP contribution in [0.15, 0.2) is 12.1 Å². The molecule has 1 atom stereocenters. The Morgan fingerprint density at radius 1 is 1.45 bits per heavy atom. The largest absolute Gasteiger partial charge is 0.399 e. The highest BCUT2D eigenvalue weighted by Crippen LogP contribution is 2.32. The van der Waals surface area contributed by atoms with E-state index in [4.69, 9.17) is 34.0 Å². The van der Waals surface area contributed by atoms with Crippen LogP contribution < -0.4 is 11.1 Å². The van der Waals surface area contributed by atoms with Gasteiger partial charge in [0.15, 0.2) is 0 Å². The Balaban J connectivity index is 1.95. The minimum Gasteiger partial charge on any atom is -0.399 e. The van der Waals surface area contributed by atoms with Crippen molar-refractivity contribution < 1.29 is 9.90 Å². The number of aliphatic hydroxyl groups is 1. The number of benzene rings is 1. The second kappa shape index (κ2) is 6.63. The van der Waals surface area contributed by atoms with Crippen LogP contribution in [0.2, 0.25) is 10.0 Å². The Kier molecular flexibility index (Phi) is 5.10. The molecule has 1 saturated heterocycles. The molecule has 0 bridgehead atoms. The van der Waals surface area contributed by atoms with Gasteiger partial charge in [-0.25, -0.2) is 0 Å². The zero-order valence-corrected chi connectivity index (χ0v) is 12.4. The van der Waals surface area contributed by atoms with Crippen molar-refractivity contribution >= 4 is 40.5 Å². The predicted molar refractivity (Wildman–Crippen MR) is 81.1 cm³/mol. The molecule has 0 aliphatic carbocycles. The summed E-state index contributed by atoms with van der Waals surface area (Å²) in [4.78, 5) is 14.0. The molecule has 1 heterocycles. The normalized spacial score (nSPS) is 19.2. The van der Waals surface area contributed by atoms with Crippen molar-refractivity contribution in [3.63, 3.8) is 0 Å². The van der Waals surface area contributed by atoms with E-state index in [1.54, 1.807) is 12.1 Å². The lowest BCUT2D eigenvalue weighted by Crippen LogP contribution is -2.32.